The molecule has 0 radical (unpaired) electrons. The summed E-state index contributed by atoms with van der Waals surface area (Å²) in [5.74, 6) is -0.375. The van der Waals surface area contributed by atoms with Crippen LogP contribution in [0.2, 0.25) is 0 Å². The molecule has 3 N–H and O–H groups in total. The molecule has 2 saturated heterocycles. The maximum atomic E-state index is 13.6. The van der Waals surface area contributed by atoms with Gasteiger partial charge in [-0.3, -0.25) is 24.1 Å². The minimum absolute atomic E-state index is 0.00560. The van der Waals surface area contributed by atoms with E-state index >= 15 is 0 Å². The van der Waals surface area contributed by atoms with Gasteiger partial charge in [-0.2, -0.15) is 0 Å². The molecule has 3 aromatic carbocycles. The van der Waals surface area contributed by atoms with Crippen molar-refractivity contribution in [3.63, 3.8) is 0 Å². The minimum atomic E-state index is -0.937. The van der Waals surface area contributed by atoms with Crippen LogP contribution in [0.4, 0.5) is 17.1 Å². The summed E-state index contributed by atoms with van der Waals surface area (Å²) in [4.78, 5) is 66.0. The molecule has 0 aliphatic carbocycles. The molecular formula is C48H57N7O9S2. The van der Waals surface area contributed by atoms with Crippen molar-refractivity contribution in [3.05, 3.63) is 94.4 Å². The molecule has 350 valence electrons. The minimum Gasteiger partial charge on any atom is -0.491 e. The van der Waals surface area contributed by atoms with Crippen LogP contribution in [0.5, 0.6) is 11.5 Å². The van der Waals surface area contributed by atoms with Crippen LogP contribution in [0.1, 0.15) is 57.9 Å². The molecule has 4 aromatic rings. The summed E-state index contributed by atoms with van der Waals surface area (Å²) < 4.78 is 23.6. The zero-order valence-corrected chi connectivity index (χ0v) is 39.9. The number of likely N-dealkylation sites (tertiary alicyclic amines) is 1. The monoisotopic (exact) mass is 939 g/mol. The Bertz CT molecular complexity index is 2450. The summed E-state index contributed by atoms with van der Waals surface area (Å²) in [6.45, 7) is 21.7. The van der Waals surface area contributed by atoms with Crippen molar-refractivity contribution in [1.29, 1.82) is 0 Å². The van der Waals surface area contributed by atoms with Crippen molar-refractivity contribution < 1.29 is 43.2 Å². The number of aromatic nitrogens is 1. The summed E-state index contributed by atoms with van der Waals surface area (Å²) in [5, 5.41) is 16.4. The lowest BCUT2D eigenvalue weighted by Crippen LogP contribution is -2.55. The molecule has 0 saturated carbocycles. The molecule has 16 nitrogen and oxygen atoms in total. The second kappa shape index (κ2) is 22.0. The first-order valence-corrected chi connectivity index (χ1v) is 23.0. The van der Waals surface area contributed by atoms with Crippen molar-refractivity contribution in [2.24, 2.45) is 5.92 Å². The molecule has 3 heterocycles. The molecule has 0 bridgehead atoms. The zero-order valence-electron chi connectivity index (χ0n) is 38.3. The molecule has 2 aliphatic rings. The number of amides is 4. The van der Waals surface area contributed by atoms with Gasteiger partial charge in [-0.1, -0.05) is 32.0 Å². The maximum absolute atomic E-state index is 13.6. The van der Waals surface area contributed by atoms with Crippen LogP contribution in [-0.2, 0) is 35.2 Å². The number of benzene rings is 3. The number of hydrogen-bond acceptors (Lipinski definition) is 12. The van der Waals surface area contributed by atoms with Gasteiger partial charge < -0.3 is 44.5 Å². The maximum Gasteiger partial charge on any atom is 0.259 e. The third kappa shape index (κ3) is 11.5. The van der Waals surface area contributed by atoms with Gasteiger partial charge in [0.25, 0.3) is 5.91 Å². The smallest absolute Gasteiger partial charge is 0.259 e. The van der Waals surface area contributed by atoms with Crippen LogP contribution in [0.15, 0.2) is 66.2 Å². The summed E-state index contributed by atoms with van der Waals surface area (Å²) in [7, 11) is 0. The summed E-state index contributed by atoms with van der Waals surface area (Å²) in [5.41, 5.74) is 6.02. The molecule has 0 unspecified atom stereocenters. The van der Waals surface area contributed by atoms with Gasteiger partial charge >= 0.3 is 0 Å². The quantitative estimate of drug-likeness (QED) is 0.0527. The van der Waals surface area contributed by atoms with Gasteiger partial charge in [0.2, 0.25) is 17.7 Å². The number of anilines is 2. The summed E-state index contributed by atoms with van der Waals surface area (Å²) in [6, 6.07) is 16.6. The van der Waals surface area contributed by atoms with E-state index in [1.54, 1.807) is 23.7 Å². The number of nitrogens with one attached hydrogen (secondary N) is 2. The Morgan fingerprint density at radius 3 is 2.26 bits per heavy atom. The molecule has 6 rings (SSSR count). The fourth-order valence-corrected chi connectivity index (χ4v) is 9.20. The number of aliphatic hydroxyl groups excluding tert-OH is 1. The van der Waals surface area contributed by atoms with Crippen molar-refractivity contribution in [3.8, 4) is 21.9 Å². The highest BCUT2D eigenvalue weighted by Crippen LogP contribution is 2.38. The number of aliphatic hydroxyl groups is 1. The number of thiocarbonyl (C=S) groups is 1. The predicted octanol–water partition coefficient (Wildman–Crippen LogP) is 6.12. The Hall–Kier alpha value is -5.97. The molecule has 4 amide bonds. The van der Waals surface area contributed by atoms with Gasteiger partial charge in [-0.15, -0.1) is 11.3 Å². The Kier molecular flexibility index (Phi) is 16.5. The van der Waals surface area contributed by atoms with Crippen molar-refractivity contribution in [1.82, 2.24) is 20.5 Å². The van der Waals surface area contributed by atoms with E-state index in [0.29, 0.717) is 60.0 Å². The average molecular weight is 940 g/mol. The van der Waals surface area contributed by atoms with Gasteiger partial charge in [0, 0.05) is 43.4 Å². The molecule has 0 spiro atoms. The summed E-state index contributed by atoms with van der Waals surface area (Å²) >= 11 is 7.33. The Balaban J connectivity index is 0.948. The molecule has 1 aromatic heterocycles. The number of rotatable bonds is 20. The molecule has 2 fully saturated rings. The number of carbonyl (C=O) groups excluding carboxylic acids is 4. The number of aryl methyl sites for hydroxylation is 2. The Morgan fingerprint density at radius 1 is 0.970 bits per heavy atom. The van der Waals surface area contributed by atoms with Crippen molar-refractivity contribution in [2.45, 2.75) is 85.2 Å². The third-order valence-electron chi connectivity index (χ3n) is 11.4. The number of thiazole rings is 1. The van der Waals surface area contributed by atoms with Gasteiger partial charge in [-0.25, -0.2) is 9.83 Å². The van der Waals surface area contributed by atoms with Crippen LogP contribution in [-0.4, -0.2) is 114 Å². The third-order valence-corrected chi connectivity index (χ3v) is 12.7. The largest absolute Gasteiger partial charge is 0.491 e. The van der Waals surface area contributed by atoms with Crippen LogP contribution < -0.4 is 29.9 Å². The van der Waals surface area contributed by atoms with Gasteiger partial charge in [0.05, 0.1) is 55.2 Å². The first kappa shape index (κ1) is 49.5. The van der Waals surface area contributed by atoms with E-state index in [2.05, 4.69) is 20.5 Å². The van der Waals surface area contributed by atoms with Crippen molar-refractivity contribution in [2.75, 3.05) is 56.0 Å². The lowest BCUT2D eigenvalue weighted by Gasteiger charge is -2.30. The van der Waals surface area contributed by atoms with E-state index in [9.17, 15) is 24.3 Å². The van der Waals surface area contributed by atoms with Gasteiger partial charge in [0.15, 0.2) is 10.8 Å². The van der Waals surface area contributed by atoms with Crippen LogP contribution in [0.3, 0.4) is 0 Å². The number of ether oxygens (including phenoxy) is 4. The van der Waals surface area contributed by atoms with Crippen LogP contribution in [0.25, 0.3) is 15.3 Å². The van der Waals surface area contributed by atoms with Gasteiger partial charge in [0.1, 0.15) is 42.3 Å². The molecular weight excluding hydrogens is 883 g/mol. The summed E-state index contributed by atoms with van der Waals surface area (Å²) in [6.07, 6.45) is -0.788. The number of hydrogen-bond donors (Lipinski definition) is 3. The van der Waals surface area contributed by atoms with E-state index in [1.807, 2.05) is 88.9 Å². The Morgan fingerprint density at radius 2 is 1.64 bits per heavy atom. The number of carbonyl (C=O) groups is 4. The second-order valence-electron chi connectivity index (χ2n) is 16.9. The molecule has 3 atom stereocenters. The first-order chi connectivity index (χ1) is 31.5. The fraction of sp³-hybridized carbons (Fsp3) is 0.438. The zero-order chi connectivity index (χ0) is 47.7. The normalized spacial score (nSPS) is 17.2. The highest BCUT2D eigenvalue weighted by atomic mass is 32.1. The van der Waals surface area contributed by atoms with E-state index in [4.69, 9.17) is 37.7 Å². The Labute approximate surface area is 395 Å². The molecule has 2 aliphatic heterocycles. The fourth-order valence-electron chi connectivity index (χ4n) is 7.88. The topological polar surface area (TPSA) is 176 Å². The number of nitrogens with zero attached hydrogens (tertiary/aromatic N) is 5. The van der Waals surface area contributed by atoms with Crippen molar-refractivity contribution >= 4 is 69.4 Å². The second-order valence-corrected chi connectivity index (χ2v) is 18.2. The lowest BCUT2D eigenvalue weighted by molar-refractivity contribution is -0.142. The van der Waals surface area contributed by atoms with E-state index in [0.717, 1.165) is 27.4 Å². The van der Waals surface area contributed by atoms with Gasteiger partial charge in [-0.05, 0) is 99.4 Å². The SMILES string of the molecule is [C-]#[N+]c1ccc(N2C(=O)C(C)(C)N(c3ccc(OCCOCCOCCOc4cc(-c5scnc5C)ccc4CNC(=O)[C@@H]4C[C@@H](O)CN4C(=O)[C@@H](NC(C)=O)C(C)C)cc3)C2=S)cc1C. The van der Waals surface area contributed by atoms with E-state index in [1.165, 1.54) is 28.1 Å². The van der Waals surface area contributed by atoms with Crippen LogP contribution in [0, 0.1) is 26.3 Å². The first-order valence-electron chi connectivity index (χ1n) is 21.8. The van der Waals surface area contributed by atoms with E-state index < -0.39 is 35.5 Å². The molecule has 18 heteroatoms. The average Bonchev–Trinajstić information content (AvgIpc) is 3.95. The predicted molar refractivity (Wildman–Crippen MR) is 256 cm³/mol. The highest BCUT2D eigenvalue weighted by Gasteiger charge is 2.50. The lowest BCUT2D eigenvalue weighted by atomic mass is 10.0. The van der Waals surface area contributed by atoms with Crippen LogP contribution >= 0.6 is 23.6 Å². The highest BCUT2D eigenvalue weighted by molar-refractivity contribution is 7.81. The standard InChI is InChI=1S/C48H57N7O9S2/c1-29(2)42(52-32(5)56)45(59)53-27-37(57)25-40(53)44(58)50-26-34-10-9-33(43-31(4)51-28-66-43)24-41(34)64-22-20-62-18-17-61-19-21-63-38-14-11-35(12-15-38)55-47(65)54(46(60)48(55,6)7)36-13-16-39(49-8)30(3)23-36/h9-16,23-24,28-29,37,40,42,57H,17-22,25-27H2,1-7H3,(H,50,58)(H,52,56)/t37-,40+,42+/m1/s1. The van der Waals surface area contributed by atoms with E-state index in [-0.39, 0.29) is 50.5 Å². The molecule has 66 heavy (non-hydrogen) atoms. The number of β-amino-alcohol motifs (C(OH)–C–C–N with tert-alkyl or cyclic N) is 1.